The van der Waals surface area contributed by atoms with Gasteiger partial charge in [0.1, 0.15) is 6.04 Å². The van der Waals surface area contributed by atoms with E-state index in [2.05, 4.69) is 35.3 Å². The van der Waals surface area contributed by atoms with Crippen LogP contribution in [-0.2, 0) is 9.53 Å². The zero-order valence-corrected chi connectivity index (χ0v) is 12.8. The molecule has 0 aromatic heterocycles. The molecular weight excluding hydrogens is 266 g/mol. The Morgan fingerprint density at radius 1 is 1.57 bits per heavy atom. The largest absolute Gasteiger partial charge is 0.378 e. The normalized spacial score (nSPS) is 21.0. The van der Waals surface area contributed by atoms with E-state index in [9.17, 15) is 4.79 Å². The van der Waals surface area contributed by atoms with Gasteiger partial charge < -0.3 is 15.8 Å². The van der Waals surface area contributed by atoms with E-state index in [0.29, 0.717) is 26.3 Å². The fourth-order valence-corrected chi connectivity index (χ4v) is 2.85. The predicted octanol–water partition coefficient (Wildman–Crippen LogP) is 0.832. The summed E-state index contributed by atoms with van der Waals surface area (Å²) in [5, 5.41) is 2.89. The van der Waals surface area contributed by atoms with E-state index in [0.717, 1.165) is 12.1 Å². The van der Waals surface area contributed by atoms with E-state index in [1.54, 1.807) is 0 Å². The van der Waals surface area contributed by atoms with Crippen LogP contribution in [0.25, 0.3) is 0 Å². The van der Waals surface area contributed by atoms with E-state index < -0.39 is 0 Å². The Kier molecular flexibility index (Phi) is 5.73. The summed E-state index contributed by atoms with van der Waals surface area (Å²) in [6.07, 6.45) is 0. The molecule has 0 radical (unpaired) electrons. The Labute approximate surface area is 126 Å². The Morgan fingerprint density at radius 2 is 2.38 bits per heavy atom. The monoisotopic (exact) mass is 291 g/mol. The molecule has 1 aromatic carbocycles. The van der Waals surface area contributed by atoms with Gasteiger partial charge in [-0.05, 0) is 19.4 Å². The lowest BCUT2D eigenvalue weighted by Crippen LogP contribution is -2.55. The van der Waals surface area contributed by atoms with E-state index in [-0.39, 0.29) is 18.0 Å². The molecule has 1 amide bonds. The van der Waals surface area contributed by atoms with Crippen LogP contribution in [0.4, 0.5) is 0 Å². The van der Waals surface area contributed by atoms with Crippen molar-refractivity contribution in [2.45, 2.75) is 25.9 Å². The number of benzene rings is 1. The maximum atomic E-state index is 12.3. The number of morpholine rings is 1. The van der Waals surface area contributed by atoms with E-state index in [1.165, 1.54) is 5.56 Å². The fraction of sp³-hybridized carbons (Fsp3) is 0.562. The first-order valence-corrected chi connectivity index (χ1v) is 7.55. The molecule has 1 saturated heterocycles. The molecule has 21 heavy (non-hydrogen) atoms. The Balaban J connectivity index is 2.23. The van der Waals surface area contributed by atoms with E-state index in [4.69, 9.17) is 10.5 Å². The molecule has 1 aromatic rings. The average molecular weight is 291 g/mol. The molecule has 5 heteroatoms. The quantitative estimate of drug-likeness (QED) is 0.843. The van der Waals surface area contributed by atoms with Gasteiger partial charge in [0.2, 0.25) is 5.91 Å². The predicted molar refractivity (Wildman–Crippen MR) is 83.0 cm³/mol. The summed E-state index contributed by atoms with van der Waals surface area (Å²) >= 11 is 0. The maximum absolute atomic E-state index is 12.3. The molecule has 5 nitrogen and oxygen atoms in total. The van der Waals surface area contributed by atoms with Crippen LogP contribution in [-0.4, -0.2) is 49.7 Å². The van der Waals surface area contributed by atoms with Crippen molar-refractivity contribution in [1.82, 2.24) is 10.2 Å². The molecule has 2 atom stereocenters. The molecule has 1 heterocycles. The van der Waals surface area contributed by atoms with Crippen LogP contribution in [0.5, 0.6) is 0 Å². The summed E-state index contributed by atoms with van der Waals surface area (Å²) in [6, 6.07) is 8.09. The van der Waals surface area contributed by atoms with Crippen LogP contribution in [0.2, 0.25) is 0 Å². The van der Waals surface area contributed by atoms with E-state index in [1.807, 2.05) is 13.0 Å². The van der Waals surface area contributed by atoms with Gasteiger partial charge in [-0.1, -0.05) is 29.8 Å². The van der Waals surface area contributed by atoms with Crippen molar-refractivity contribution in [3.8, 4) is 0 Å². The van der Waals surface area contributed by atoms with Gasteiger partial charge in [-0.25, -0.2) is 0 Å². The van der Waals surface area contributed by atoms with Gasteiger partial charge in [-0.3, -0.25) is 9.69 Å². The summed E-state index contributed by atoms with van der Waals surface area (Å²) in [5.74, 6) is 0.0169. The molecule has 116 valence electrons. The van der Waals surface area contributed by atoms with Crippen molar-refractivity contribution >= 4 is 5.91 Å². The highest BCUT2D eigenvalue weighted by Gasteiger charge is 2.34. The maximum Gasteiger partial charge on any atom is 0.239 e. The van der Waals surface area contributed by atoms with Crippen LogP contribution in [0.1, 0.15) is 24.1 Å². The van der Waals surface area contributed by atoms with Crippen LogP contribution >= 0.6 is 0 Å². The average Bonchev–Trinajstić information content (AvgIpc) is 2.49. The Morgan fingerprint density at radius 3 is 3.05 bits per heavy atom. The lowest BCUT2D eigenvalue weighted by molar-refractivity contribution is -0.134. The van der Waals surface area contributed by atoms with Crippen LogP contribution in [0.15, 0.2) is 24.3 Å². The van der Waals surface area contributed by atoms with Gasteiger partial charge in [-0.15, -0.1) is 0 Å². The van der Waals surface area contributed by atoms with Crippen molar-refractivity contribution in [2.75, 3.05) is 32.8 Å². The first-order chi connectivity index (χ1) is 10.2. The standard InChI is InChI=1S/C16H25N3O2/c1-3-18-16(20)15-11-21-8-7-19(15)14(10-17)13-6-4-5-12(2)9-13/h4-6,9,14-15H,3,7-8,10-11,17H2,1-2H3,(H,18,20). The summed E-state index contributed by atoms with van der Waals surface area (Å²) in [7, 11) is 0. The van der Waals surface area contributed by atoms with Crippen molar-refractivity contribution in [3.63, 3.8) is 0 Å². The molecule has 1 aliphatic heterocycles. The summed E-state index contributed by atoms with van der Waals surface area (Å²) in [5.41, 5.74) is 8.37. The Bertz CT molecular complexity index is 478. The lowest BCUT2D eigenvalue weighted by Gasteiger charge is -2.40. The number of likely N-dealkylation sites (N-methyl/N-ethyl adjacent to an activating group) is 1. The Hall–Kier alpha value is -1.43. The van der Waals surface area contributed by atoms with Crippen LogP contribution in [0, 0.1) is 6.92 Å². The van der Waals surface area contributed by atoms with Gasteiger partial charge in [0.05, 0.1) is 13.2 Å². The molecule has 3 N–H and O–H groups in total. The number of carbonyl (C=O) groups excluding carboxylic acids is 1. The fourth-order valence-electron chi connectivity index (χ4n) is 2.85. The third-order valence-electron chi connectivity index (χ3n) is 3.87. The van der Waals surface area contributed by atoms with Crippen LogP contribution in [0.3, 0.4) is 0 Å². The number of nitrogens with zero attached hydrogens (tertiary/aromatic N) is 1. The first-order valence-electron chi connectivity index (χ1n) is 7.55. The first kappa shape index (κ1) is 15.9. The zero-order valence-electron chi connectivity index (χ0n) is 12.8. The van der Waals surface area contributed by atoms with Gasteiger partial charge >= 0.3 is 0 Å². The second-order valence-corrected chi connectivity index (χ2v) is 5.39. The second-order valence-electron chi connectivity index (χ2n) is 5.39. The number of nitrogens with two attached hydrogens (primary N) is 1. The molecular formula is C16H25N3O2. The molecule has 0 bridgehead atoms. The third-order valence-corrected chi connectivity index (χ3v) is 3.87. The smallest absolute Gasteiger partial charge is 0.239 e. The van der Waals surface area contributed by atoms with Gasteiger partial charge in [0.25, 0.3) is 0 Å². The molecule has 2 unspecified atom stereocenters. The van der Waals surface area contributed by atoms with Crippen LogP contribution < -0.4 is 11.1 Å². The lowest BCUT2D eigenvalue weighted by atomic mass is 10.0. The van der Waals surface area contributed by atoms with Crippen molar-refractivity contribution in [2.24, 2.45) is 5.73 Å². The van der Waals surface area contributed by atoms with Crippen molar-refractivity contribution < 1.29 is 9.53 Å². The van der Waals surface area contributed by atoms with Gasteiger partial charge in [-0.2, -0.15) is 0 Å². The molecule has 2 rings (SSSR count). The van der Waals surface area contributed by atoms with E-state index >= 15 is 0 Å². The number of amides is 1. The third kappa shape index (κ3) is 3.81. The molecule has 0 aliphatic carbocycles. The number of rotatable bonds is 5. The number of hydrogen-bond donors (Lipinski definition) is 2. The van der Waals surface area contributed by atoms with Crippen molar-refractivity contribution in [1.29, 1.82) is 0 Å². The minimum absolute atomic E-state index is 0.0169. The molecule has 0 saturated carbocycles. The molecule has 1 aliphatic rings. The van der Waals surface area contributed by atoms with Gasteiger partial charge in [0, 0.05) is 25.7 Å². The summed E-state index contributed by atoms with van der Waals surface area (Å²) in [6.45, 7) is 6.88. The molecule has 1 fully saturated rings. The highest BCUT2D eigenvalue weighted by molar-refractivity contribution is 5.82. The minimum Gasteiger partial charge on any atom is -0.378 e. The second kappa shape index (κ2) is 7.54. The number of ether oxygens (including phenoxy) is 1. The highest BCUT2D eigenvalue weighted by atomic mass is 16.5. The SMILES string of the molecule is CCNC(=O)C1COCCN1C(CN)c1cccc(C)c1. The summed E-state index contributed by atoms with van der Waals surface area (Å²) < 4.78 is 5.49. The number of carbonyl (C=O) groups is 1. The van der Waals surface area contributed by atoms with Crippen molar-refractivity contribution in [3.05, 3.63) is 35.4 Å². The molecule has 0 spiro atoms. The zero-order chi connectivity index (χ0) is 15.2. The number of nitrogens with one attached hydrogen (secondary N) is 1. The number of hydrogen-bond acceptors (Lipinski definition) is 4. The van der Waals surface area contributed by atoms with Gasteiger partial charge in [0.15, 0.2) is 0 Å². The summed E-state index contributed by atoms with van der Waals surface area (Å²) in [4.78, 5) is 14.4. The number of aryl methyl sites for hydroxylation is 1. The topological polar surface area (TPSA) is 67.6 Å². The minimum atomic E-state index is -0.271. The highest BCUT2D eigenvalue weighted by Crippen LogP contribution is 2.24.